The average molecular weight is 421 g/mol. The Balaban J connectivity index is 1.72. The third kappa shape index (κ3) is 4.84. The molecule has 0 spiro atoms. The van der Waals surface area contributed by atoms with Gasteiger partial charge in [0.15, 0.2) is 0 Å². The van der Waals surface area contributed by atoms with Gasteiger partial charge in [-0.25, -0.2) is 4.79 Å². The first-order chi connectivity index (χ1) is 13.4. The predicted octanol–water partition coefficient (Wildman–Crippen LogP) is 4.18. The van der Waals surface area contributed by atoms with Crippen molar-refractivity contribution in [3.05, 3.63) is 68.5 Å². The SMILES string of the molecule is COc1ccc2c(CN(C)CC(=O)Nc3ccc(Cl)c(Cl)c3)cc(=O)oc2c1. The summed E-state index contributed by atoms with van der Waals surface area (Å²) in [5.41, 5.74) is 1.31. The van der Waals surface area contributed by atoms with E-state index in [1.165, 1.54) is 6.07 Å². The van der Waals surface area contributed by atoms with Crippen molar-refractivity contribution in [1.29, 1.82) is 0 Å². The molecule has 2 aromatic carbocycles. The van der Waals surface area contributed by atoms with Crippen molar-refractivity contribution in [1.82, 2.24) is 4.90 Å². The molecule has 0 aliphatic heterocycles. The van der Waals surface area contributed by atoms with Crippen molar-refractivity contribution < 1.29 is 13.9 Å². The van der Waals surface area contributed by atoms with E-state index in [4.69, 9.17) is 32.4 Å². The molecule has 0 atom stereocenters. The molecular weight excluding hydrogens is 403 g/mol. The molecule has 1 amide bonds. The summed E-state index contributed by atoms with van der Waals surface area (Å²) in [6, 6.07) is 11.6. The van der Waals surface area contributed by atoms with Crippen molar-refractivity contribution in [3.8, 4) is 5.75 Å². The number of benzene rings is 2. The van der Waals surface area contributed by atoms with E-state index in [1.54, 1.807) is 49.4 Å². The van der Waals surface area contributed by atoms with Crippen molar-refractivity contribution >= 4 is 45.8 Å². The number of carbonyl (C=O) groups excluding carboxylic acids is 1. The molecule has 0 radical (unpaired) electrons. The van der Waals surface area contributed by atoms with Gasteiger partial charge in [-0.05, 0) is 42.9 Å². The van der Waals surface area contributed by atoms with Crippen LogP contribution in [0.4, 0.5) is 5.69 Å². The molecule has 0 unspecified atom stereocenters. The van der Waals surface area contributed by atoms with Crippen LogP contribution < -0.4 is 15.7 Å². The van der Waals surface area contributed by atoms with Crippen LogP contribution in [-0.2, 0) is 11.3 Å². The second-order valence-electron chi connectivity index (χ2n) is 6.30. The molecule has 6 nitrogen and oxygen atoms in total. The molecule has 0 bridgehead atoms. The van der Waals surface area contributed by atoms with E-state index < -0.39 is 5.63 Å². The fraction of sp³-hybridized carbons (Fsp3) is 0.200. The number of rotatable bonds is 6. The van der Waals surface area contributed by atoms with Crippen LogP contribution in [0.25, 0.3) is 11.0 Å². The Labute approximate surface area is 171 Å². The number of fused-ring (bicyclic) bond motifs is 1. The molecule has 0 aliphatic rings. The minimum absolute atomic E-state index is 0.123. The maximum Gasteiger partial charge on any atom is 0.336 e. The number of nitrogens with zero attached hydrogens (tertiary/aromatic N) is 1. The van der Waals surface area contributed by atoms with Crippen LogP contribution in [0.1, 0.15) is 5.56 Å². The summed E-state index contributed by atoms with van der Waals surface area (Å²) in [4.78, 5) is 26.0. The van der Waals surface area contributed by atoms with Crippen LogP contribution in [0.2, 0.25) is 10.0 Å². The van der Waals surface area contributed by atoms with E-state index in [2.05, 4.69) is 5.32 Å². The quantitative estimate of drug-likeness (QED) is 0.605. The first-order valence-electron chi connectivity index (χ1n) is 8.40. The number of likely N-dealkylation sites (N-methyl/N-ethyl adjacent to an activating group) is 1. The second-order valence-corrected chi connectivity index (χ2v) is 7.12. The van der Waals surface area contributed by atoms with Crippen molar-refractivity contribution in [2.75, 3.05) is 26.0 Å². The fourth-order valence-corrected chi connectivity index (χ4v) is 3.13. The molecule has 8 heteroatoms. The smallest absolute Gasteiger partial charge is 0.336 e. The van der Waals surface area contributed by atoms with Gasteiger partial charge in [-0.1, -0.05) is 23.2 Å². The highest BCUT2D eigenvalue weighted by Crippen LogP contribution is 2.25. The first kappa shape index (κ1) is 20.2. The molecular formula is C20H18Cl2N2O4. The van der Waals surface area contributed by atoms with Crippen LogP contribution in [0, 0.1) is 0 Å². The molecule has 146 valence electrons. The summed E-state index contributed by atoms with van der Waals surface area (Å²) in [6.07, 6.45) is 0. The topological polar surface area (TPSA) is 71.8 Å². The molecule has 0 saturated carbocycles. The van der Waals surface area contributed by atoms with E-state index in [9.17, 15) is 9.59 Å². The van der Waals surface area contributed by atoms with Gasteiger partial charge in [0.2, 0.25) is 5.91 Å². The number of methoxy groups -OCH3 is 1. The third-order valence-electron chi connectivity index (χ3n) is 4.09. The van der Waals surface area contributed by atoms with Crippen LogP contribution in [0.15, 0.2) is 51.7 Å². The summed E-state index contributed by atoms with van der Waals surface area (Å²) in [5.74, 6) is 0.386. The Bertz CT molecular complexity index is 1080. The van der Waals surface area contributed by atoms with E-state index >= 15 is 0 Å². The number of ether oxygens (including phenoxy) is 1. The zero-order valence-electron chi connectivity index (χ0n) is 15.3. The monoisotopic (exact) mass is 420 g/mol. The summed E-state index contributed by atoms with van der Waals surface area (Å²) in [7, 11) is 3.34. The standard InChI is InChI=1S/C20H18Cl2N2O4/c1-24(11-19(25)23-13-3-6-16(21)17(22)8-13)10-12-7-20(26)28-18-9-14(27-2)4-5-15(12)18/h3-9H,10-11H2,1-2H3,(H,23,25). The third-order valence-corrected chi connectivity index (χ3v) is 4.83. The molecule has 3 aromatic rings. The zero-order valence-corrected chi connectivity index (χ0v) is 16.8. The minimum Gasteiger partial charge on any atom is -0.497 e. The van der Waals surface area contributed by atoms with Gasteiger partial charge in [0, 0.05) is 29.8 Å². The molecule has 3 rings (SSSR count). The van der Waals surface area contributed by atoms with Crippen molar-refractivity contribution in [2.24, 2.45) is 0 Å². The van der Waals surface area contributed by atoms with Gasteiger partial charge < -0.3 is 14.5 Å². The zero-order chi connectivity index (χ0) is 20.3. The Kier molecular flexibility index (Phi) is 6.24. The van der Waals surface area contributed by atoms with Crippen LogP contribution >= 0.6 is 23.2 Å². The highest BCUT2D eigenvalue weighted by Gasteiger charge is 2.12. The van der Waals surface area contributed by atoms with E-state index in [1.807, 2.05) is 6.07 Å². The molecule has 1 heterocycles. The molecule has 28 heavy (non-hydrogen) atoms. The Morgan fingerprint density at radius 1 is 1.14 bits per heavy atom. The lowest BCUT2D eigenvalue weighted by Gasteiger charge is -2.17. The Hall–Kier alpha value is -2.54. The maximum atomic E-state index is 12.3. The lowest BCUT2D eigenvalue weighted by Crippen LogP contribution is -2.30. The van der Waals surface area contributed by atoms with Gasteiger partial charge in [-0.3, -0.25) is 9.69 Å². The Morgan fingerprint density at radius 3 is 2.64 bits per heavy atom. The number of hydrogen-bond acceptors (Lipinski definition) is 5. The molecule has 1 aromatic heterocycles. The number of carbonyl (C=O) groups is 1. The predicted molar refractivity (Wildman–Crippen MR) is 110 cm³/mol. The van der Waals surface area contributed by atoms with Crippen LogP contribution in [-0.4, -0.2) is 31.5 Å². The average Bonchev–Trinajstić information content (AvgIpc) is 2.63. The van der Waals surface area contributed by atoms with Gasteiger partial charge in [0.25, 0.3) is 0 Å². The lowest BCUT2D eigenvalue weighted by molar-refractivity contribution is -0.117. The van der Waals surface area contributed by atoms with Crippen molar-refractivity contribution in [3.63, 3.8) is 0 Å². The van der Waals surface area contributed by atoms with Gasteiger partial charge in [-0.15, -0.1) is 0 Å². The summed E-state index contributed by atoms with van der Waals surface area (Å²) in [5, 5.41) is 4.34. The highest BCUT2D eigenvalue weighted by molar-refractivity contribution is 6.42. The van der Waals surface area contributed by atoms with E-state index in [-0.39, 0.29) is 12.5 Å². The van der Waals surface area contributed by atoms with Crippen LogP contribution in [0.3, 0.4) is 0 Å². The number of amides is 1. The van der Waals surface area contributed by atoms with E-state index in [0.717, 1.165) is 10.9 Å². The minimum atomic E-state index is -0.454. The van der Waals surface area contributed by atoms with Crippen LogP contribution in [0.5, 0.6) is 5.75 Å². The normalized spacial score (nSPS) is 11.0. The van der Waals surface area contributed by atoms with Crippen molar-refractivity contribution in [2.45, 2.75) is 6.54 Å². The van der Waals surface area contributed by atoms with E-state index in [0.29, 0.717) is 33.6 Å². The second kappa shape index (κ2) is 8.65. The van der Waals surface area contributed by atoms with Gasteiger partial charge in [-0.2, -0.15) is 0 Å². The molecule has 0 fully saturated rings. The van der Waals surface area contributed by atoms with Gasteiger partial charge in [0.1, 0.15) is 11.3 Å². The molecule has 0 aliphatic carbocycles. The Morgan fingerprint density at radius 2 is 1.93 bits per heavy atom. The lowest BCUT2D eigenvalue weighted by atomic mass is 10.1. The summed E-state index contributed by atoms with van der Waals surface area (Å²) in [6.45, 7) is 0.515. The maximum absolute atomic E-state index is 12.3. The first-order valence-corrected chi connectivity index (χ1v) is 9.15. The summed E-state index contributed by atoms with van der Waals surface area (Å²) < 4.78 is 10.4. The molecule has 0 saturated heterocycles. The largest absolute Gasteiger partial charge is 0.497 e. The molecule has 1 N–H and O–H groups in total. The number of hydrogen-bond donors (Lipinski definition) is 1. The number of anilines is 1. The number of halogens is 2. The van der Waals surface area contributed by atoms with Gasteiger partial charge >= 0.3 is 5.63 Å². The number of nitrogens with one attached hydrogen (secondary N) is 1. The summed E-state index contributed by atoms with van der Waals surface area (Å²) >= 11 is 11.8. The van der Waals surface area contributed by atoms with Gasteiger partial charge in [0.05, 0.1) is 23.7 Å². The highest BCUT2D eigenvalue weighted by atomic mass is 35.5. The fourth-order valence-electron chi connectivity index (χ4n) is 2.83.